The zero-order chi connectivity index (χ0) is 28.7. The summed E-state index contributed by atoms with van der Waals surface area (Å²) in [6, 6.07) is 17.3. The number of aryl methyl sites for hydroxylation is 1. The zero-order valence-electron chi connectivity index (χ0n) is 21.7. The van der Waals surface area contributed by atoms with E-state index in [1.165, 1.54) is 34.9 Å². The monoisotopic (exact) mass is 680 g/mol. The number of rotatable bonds is 8. The third-order valence-corrected chi connectivity index (χ3v) is 9.67. The van der Waals surface area contributed by atoms with Crippen molar-refractivity contribution in [2.75, 3.05) is 0 Å². The van der Waals surface area contributed by atoms with Crippen molar-refractivity contribution >= 4 is 46.2 Å². The summed E-state index contributed by atoms with van der Waals surface area (Å²) in [5, 5.41) is 12.8. The summed E-state index contributed by atoms with van der Waals surface area (Å²) < 4.78 is 41.2. The highest BCUT2D eigenvalue weighted by Crippen LogP contribution is 2.54. The van der Waals surface area contributed by atoms with Crippen LogP contribution < -0.4 is 5.32 Å². The minimum absolute atomic E-state index is 0.0228. The van der Waals surface area contributed by atoms with Crippen molar-refractivity contribution in [3.05, 3.63) is 98.1 Å². The molecule has 2 amide bonds. The van der Waals surface area contributed by atoms with Crippen LogP contribution in [0.3, 0.4) is 0 Å². The number of amides is 2. The van der Waals surface area contributed by atoms with Gasteiger partial charge in [0.05, 0.1) is 24.6 Å². The second-order valence-corrected chi connectivity index (χ2v) is 12.9. The SMILES string of the molecule is Cc1ccc(S[C@]2(C(=O)NC3CC3)CC(=O)N(Cc3ccccc3C(F)(F)F)[C@@H]2c2ccc(CO)cc2I)cc1. The fourth-order valence-electron chi connectivity index (χ4n) is 5.12. The molecule has 5 nitrogen and oxygen atoms in total. The van der Waals surface area contributed by atoms with Crippen LogP contribution in [0.4, 0.5) is 13.2 Å². The number of nitrogens with one attached hydrogen (secondary N) is 1. The lowest BCUT2D eigenvalue weighted by Gasteiger charge is -2.37. The van der Waals surface area contributed by atoms with E-state index in [1.54, 1.807) is 18.2 Å². The van der Waals surface area contributed by atoms with E-state index >= 15 is 0 Å². The van der Waals surface area contributed by atoms with Gasteiger partial charge in [0.2, 0.25) is 11.8 Å². The third-order valence-electron chi connectivity index (χ3n) is 7.31. The van der Waals surface area contributed by atoms with Crippen molar-refractivity contribution < 1.29 is 27.9 Å². The molecule has 1 saturated carbocycles. The first-order valence-electron chi connectivity index (χ1n) is 12.9. The summed E-state index contributed by atoms with van der Waals surface area (Å²) >= 11 is 3.40. The highest BCUT2D eigenvalue weighted by Gasteiger charge is 2.59. The van der Waals surface area contributed by atoms with Crippen molar-refractivity contribution in [1.82, 2.24) is 10.2 Å². The smallest absolute Gasteiger partial charge is 0.392 e. The van der Waals surface area contributed by atoms with E-state index < -0.39 is 28.4 Å². The minimum atomic E-state index is -4.59. The van der Waals surface area contributed by atoms with Gasteiger partial charge in [-0.05, 0) is 83.3 Å². The highest BCUT2D eigenvalue weighted by molar-refractivity contribution is 14.1. The Kier molecular flexibility index (Phi) is 8.22. The molecule has 5 rings (SSSR count). The lowest BCUT2D eigenvalue weighted by atomic mass is 9.90. The Morgan fingerprint density at radius 3 is 2.45 bits per heavy atom. The quantitative estimate of drug-likeness (QED) is 0.271. The van der Waals surface area contributed by atoms with Gasteiger partial charge in [-0.25, -0.2) is 0 Å². The first kappa shape index (κ1) is 28.9. The minimum Gasteiger partial charge on any atom is -0.392 e. The van der Waals surface area contributed by atoms with Gasteiger partial charge in [0.25, 0.3) is 0 Å². The fourth-order valence-corrected chi connectivity index (χ4v) is 7.40. The van der Waals surface area contributed by atoms with Gasteiger partial charge in [-0.15, -0.1) is 11.8 Å². The number of hydrogen-bond donors (Lipinski definition) is 2. The molecule has 40 heavy (non-hydrogen) atoms. The van der Waals surface area contributed by atoms with Gasteiger partial charge in [0, 0.05) is 21.1 Å². The normalized spacial score (nSPS) is 21.1. The van der Waals surface area contributed by atoms with Crippen LogP contribution in [0.2, 0.25) is 0 Å². The molecule has 1 heterocycles. The maximum absolute atomic E-state index is 14.1. The first-order chi connectivity index (χ1) is 19.0. The molecular formula is C30H28F3IN2O3S. The van der Waals surface area contributed by atoms with Gasteiger partial charge in [0.15, 0.2) is 0 Å². The Morgan fingerprint density at radius 2 is 1.82 bits per heavy atom. The molecule has 210 valence electrons. The molecule has 0 unspecified atom stereocenters. The molecular weight excluding hydrogens is 652 g/mol. The standard InChI is InChI=1S/C30H28F3IN2O3S/c1-18-6-11-22(12-7-18)40-29(28(39)35-21-9-10-21)15-26(38)36(16-20-4-2-3-5-24(20)30(31,32)33)27(29)23-13-8-19(17-37)14-25(23)34/h2-8,11-14,21,27,37H,9-10,15-17H2,1H3,(H,35,39)/t27-,29-/m1/s1. The Balaban J connectivity index is 1.67. The topological polar surface area (TPSA) is 69.6 Å². The Bertz CT molecular complexity index is 1430. The van der Waals surface area contributed by atoms with E-state index in [-0.39, 0.29) is 37.1 Å². The molecule has 1 saturated heterocycles. The molecule has 10 heteroatoms. The van der Waals surface area contributed by atoms with E-state index in [0.717, 1.165) is 29.4 Å². The summed E-state index contributed by atoms with van der Waals surface area (Å²) in [6.07, 6.45) is -3.06. The maximum atomic E-state index is 14.1. The fraction of sp³-hybridized carbons (Fsp3) is 0.333. The van der Waals surface area contributed by atoms with Crippen molar-refractivity contribution in [1.29, 1.82) is 0 Å². The third kappa shape index (κ3) is 5.89. The number of benzene rings is 3. The summed E-state index contributed by atoms with van der Waals surface area (Å²) in [6.45, 7) is 1.47. The molecule has 2 atom stereocenters. The molecule has 2 aliphatic rings. The lowest BCUT2D eigenvalue weighted by Crippen LogP contribution is -2.49. The Morgan fingerprint density at radius 1 is 1.12 bits per heavy atom. The van der Waals surface area contributed by atoms with Crippen molar-refractivity contribution in [2.45, 2.75) is 67.2 Å². The van der Waals surface area contributed by atoms with E-state index in [4.69, 9.17) is 0 Å². The predicted octanol–water partition coefficient (Wildman–Crippen LogP) is 6.39. The van der Waals surface area contributed by atoms with Gasteiger partial charge in [-0.2, -0.15) is 13.2 Å². The highest BCUT2D eigenvalue weighted by atomic mass is 127. The van der Waals surface area contributed by atoms with Crippen LogP contribution in [-0.4, -0.2) is 32.6 Å². The number of aliphatic hydroxyl groups excluding tert-OH is 1. The van der Waals surface area contributed by atoms with Gasteiger partial charge < -0.3 is 15.3 Å². The van der Waals surface area contributed by atoms with Crippen LogP contribution >= 0.6 is 34.4 Å². The van der Waals surface area contributed by atoms with Gasteiger partial charge in [-0.1, -0.05) is 48.0 Å². The summed E-state index contributed by atoms with van der Waals surface area (Å²) in [7, 11) is 0. The molecule has 2 N–H and O–H groups in total. The summed E-state index contributed by atoms with van der Waals surface area (Å²) in [5.41, 5.74) is 1.51. The van der Waals surface area contributed by atoms with Crippen LogP contribution in [0, 0.1) is 10.5 Å². The Hall–Kier alpha value is -2.57. The zero-order valence-corrected chi connectivity index (χ0v) is 24.6. The van der Waals surface area contributed by atoms with E-state index in [2.05, 4.69) is 27.9 Å². The van der Waals surface area contributed by atoms with Crippen LogP contribution in [0.1, 0.15) is 53.1 Å². The second-order valence-electron chi connectivity index (χ2n) is 10.3. The van der Waals surface area contributed by atoms with E-state index in [9.17, 15) is 27.9 Å². The van der Waals surface area contributed by atoms with Gasteiger partial charge in [0.1, 0.15) is 4.75 Å². The van der Waals surface area contributed by atoms with E-state index in [0.29, 0.717) is 14.7 Å². The number of alkyl halides is 3. The molecule has 2 fully saturated rings. The van der Waals surface area contributed by atoms with Crippen LogP contribution in [0.25, 0.3) is 0 Å². The molecule has 0 radical (unpaired) electrons. The number of carbonyl (C=O) groups excluding carboxylic acids is 2. The number of thioether (sulfide) groups is 1. The average Bonchev–Trinajstić information content (AvgIpc) is 3.69. The second kappa shape index (κ2) is 11.4. The largest absolute Gasteiger partial charge is 0.416 e. The first-order valence-corrected chi connectivity index (χ1v) is 14.8. The van der Waals surface area contributed by atoms with E-state index in [1.807, 2.05) is 31.2 Å². The number of likely N-dealkylation sites (tertiary alicyclic amines) is 1. The Labute approximate surface area is 248 Å². The number of hydrogen-bond acceptors (Lipinski definition) is 4. The van der Waals surface area contributed by atoms with Crippen LogP contribution in [-0.2, 0) is 28.9 Å². The van der Waals surface area contributed by atoms with Gasteiger partial charge >= 0.3 is 6.18 Å². The molecule has 3 aromatic rings. The van der Waals surface area contributed by atoms with Crippen LogP contribution in [0.5, 0.6) is 0 Å². The predicted molar refractivity (Wildman–Crippen MR) is 155 cm³/mol. The number of nitrogens with zero attached hydrogens (tertiary/aromatic N) is 1. The molecule has 3 aromatic carbocycles. The van der Waals surface area contributed by atoms with Crippen molar-refractivity contribution in [2.24, 2.45) is 0 Å². The lowest BCUT2D eigenvalue weighted by molar-refractivity contribution is -0.139. The summed E-state index contributed by atoms with van der Waals surface area (Å²) in [5.74, 6) is -0.692. The van der Waals surface area contributed by atoms with Crippen molar-refractivity contribution in [3.63, 3.8) is 0 Å². The number of halogens is 4. The maximum Gasteiger partial charge on any atom is 0.416 e. The van der Waals surface area contributed by atoms with Crippen molar-refractivity contribution in [3.8, 4) is 0 Å². The number of aliphatic hydroxyl groups is 1. The molecule has 0 bridgehead atoms. The molecule has 0 spiro atoms. The summed E-state index contributed by atoms with van der Waals surface area (Å²) in [4.78, 5) is 30.2. The molecule has 1 aliphatic carbocycles. The average molecular weight is 681 g/mol. The van der Waals surface area contributed by atoms with Crippen LogP contribution in [0.15, 0.2) is 71.6 Å². The molecule has 0 aromatic heterocycles. The van der Waals surface area contributed by atoms with Gasteiger partial charge in [-0.3, -0.25) is 9.59 Å². The molecule has 1 aliphatic heterocycles. The number of carbonyl (C=O) groups is 2.